The molecule has 0 spiro atoms. The molecule has 3 aromatic carbocycles. The van der Waals surface area contributed by atoms with Gasteiger partial charge in [0.2, 0.25) is 0 Å². The minimum absolute atomic E-state index is 0.390. The van der Waals surface area contributed by atoms with E-state index in [1.165, 1.54) is 0 Å². The summed E-state index contributed by atoms with van der Waals surface area (Å²) < 4.78 is 5.99. The molecule has 5 heteroatoms. The Morgan fingerprint density at radius 1 is 1.07 bits per heavy atom. The minimum Gasteiger partial charge on any atom is -0.481 e. The highest BCUT2D eigenvalue weighted by molar-refractivity contribution is 6.32. The van der Waals surface area contributed by atoms with Crippen molar-refractivity contribution < 1.29 is 14.6 Å². The van der Waals surface area contributed by atoms with E-state index in [1.807, 2.05) is 68.4 Å². The van der Waals surface area contributed by atoms with Crippen molar-refractivity contribution >= 4 is 23.3 Å². The quantitative estimate of drug-likeness (QED) is 0.547. The number of nitrogens with zero attached hydrogens (tertiary/aromatic N) is 1. The molecular weight excluding hydrogens is 398 g/mol. The SMILES string of the molecule is Cc1cc(Oc2ccc(CN3CC(C(=O)O)Cc4ccccc43)cc2)cc(C)c1Cl. The second kappa shape index (κ2) is 8.41. The molecule has 0 bridgehead atoms. The second-order valence-electron chi connectivity index (χ2n) is 7.87. The fourth-order valence-corrected chi connectivity index (χ4v) is 4.10. The Labute approximate surface area is 181 Å². The summed E-state index contributed by atoms with van der Waals surface area (Å²) in [4.78, 5) is 13.7. The second-order valence-corrected chi connectivity index (χ2v) is 8.24. The number of carboxylic acid groups (broad SMARTS) is 1. The van der Waals surface area contributed by atoms with Crippen molar-refractivity contribution in [1.29, 1.82) is 0 Å². The Morgan fingerprint density at radius 3 is 2.40 bits per heavy atom. The maximum Gasteiger partial charge on any atom is 0.308 e. The normalized spacial score (nSPS) is 15.6. The first-order valence-electron chi connectivity index (χ1n) is 10.00. The van der Waals surface area contributed by atoms with Crippen LogP contribution < -0.4 is 9.64 Å². The molecule has 0 amide bonds. The predicted octanol–water partition coefficient (Wildman–Crippen LogP) is 6.01. The van der Waals surface area contributed by atoms with Gasteiger partial charge < -0.3 is 14.7 Å². The molecule has 1 N–H and O–H groups in total. The Morgan fingerprint density at radius 2 is 1.73 bits per heavy atom. The van der Waals surface area contributed by atoms with E-state index < -0.39 is 5.97 Å². The maximum atomic E-state index is 11.6. The topological polar surface area (TPSA) is 49.8 Å². The highest BCUT2D eigenvalue weighted by atomic mass is 35.5. The van der Waals surface area contributed by atoms with Gasteiger partial charge in [-0.15, -0.1) is 0 Å². The maximum absolute atomic E-state index is 11.6. The summed E-state index contributed by atoms with van der Waals surface area (Å²) in [5.41, 5.74) is 5.28. The fraction of sp³-hybridized carbons (Fsp3) is 0.240. The van der Waals surface area contributed by atoms with Crippen LogP contribution in [0.25, 0.3) is 0 Å². The van der Waals surface area contributed by atoms with E-state index in [1.54, 1.807) is 0 Å². The summed E-state index contributed by atoms with van der Waals surface area (Å²) in [6, 6.07) is 19.8. The lowest BCUT2D eigenvalue weighted by atomic mass is 9.92. The first-order chi connectivity index (χ1) is 14.4. The van der Waals surface area contributed by atoms with Gasteiger partial charge in [0, 0.05) is 23.8 Å². The van der Waals surface area contributed by atoms with Crippen molar-refractivity contribution in [2.45, 2.75) is 26.8 Å². The third kappa shape index (κ3) is 4.29. The van der Waals surface area contributed by atoms with Crippen molar-refractivity contribution in [3.63, 3.8) is 0 Å². The Hall–Kier alpha value is -2.98. The van der Waals surface area contributed by atoms with Gasteiger partial charge in [0.15, 0.2) is 0 Å². The molecule has 1 aliphatic rings. The number of aliphatic carboxylic acids is 1. The van der Waals surface area contributed by atoms with Crippen LogP contribution in [0.3, 0.4) is 0 Å². The standard InChI is InChI=1S/C25H24ClNO3/c1-16-11-22(12-17(2)24(16)26)30-21-9-7-18(8-10-21)14-27-15-20(25(28)29)13-19-5-3-4-6-23(19)27/h3-12,20H,13-15H2,1-2H3,(H,28,29). The number of carbonyl (C=O) groups is 1. The molecule has 4 nitrogen and oxygen atoms in total. The molecule has 0 saturated heterocycles. The number of hydrogen-bond acceptors (Lipinski definition) is 3. The number of halogens is 1. The third-order valence-electron chi connectivity index (χ3n) is 5.53. The summed E-state index contributed by atoms with van der Waals surface area (Å²) in [5, 5.41) is 10.3. The molecule has 0 saturated carbocycles. The van der Waals surface area contributed by atoms with E-state index in [9.17, 15) is 9.90 Å². The van der Waals surface area contributed by atoms with Gasteiger partial charge in [-0.05, 0) is 72.9 Å². The van der Waals surface area contributed by atoms with E-state index in [0.717, 1.165) is 44.5 Å². The lowest BCUT2D eigenvalue weighted by Crippen LogP contribution is -2.38. The van der Waals surface area contributed by atoms with E-state index in [2.05, 4.69) is 11.0 Å². The van der Waals surface area contributed by atoms with Gasteiger partial charge in [0.05, 0.1) is 5.92 Å². The first-order valence-corrected chi connectivity index (χ1v) is 10.4. The summed E-state index contributed by atoms with van der Waals surface area (Å²) in [6.45, 7) is 5.09. The van der Waals surface area contributed by atoms with Crippen LogP contribution in [0, 0.1) is 19.8 Å². The fourth-order valence-electron chi connectivity index (χ4n) is 3.99. The number of rotatable bonds is 5. The van der Waals surface area contributed by atoms with E-state index in [0.29, 0.717) is 19.5 Å². The van der Waals surface area contributed by atoms with Crippen LogP contribution in [0.2, 0.25) is 5.02 Å². The van der Waals surface area contributed by atoms with Gasteiger partial charge in [-0.3, -0.25) is 4.79 Å². The van der Waals surface area contributed by atoms with E-state index >= 15 is 0 Å². The van der Waals surface area contributed by atoms with Gasteiger partial charge in [-0.2, -0.15) is 0 Å². The van der Waals surface area contributed by atoms with Gasteiger partial charge in [0.25, 0.3) is 0 Å². The number of carboxylic acids is 1. The summed E-state index contributed by atoms with van der Waals surface area (Å²) in [5.74, 6) is 0.379. The summed E-state index contributed by atoms with van der Waals surface area (Å²) in [7, 11) is 0. The number of aryl methyl sites for hydroxylation is 2. The monoisotopic (exact) mass is 421 g/mol. The molecule has 0 fully saturated rings. The molecule has 0 radical (unpaired) electrons. The van der Waals surface area contributed by atoms with Crippen LogP contribution >= 0.6 is 11.6 Å². The number of hydrogen-bond donors (Lipinski definition) is 1. The van der Waals surface area contributed by atoms with Crippen LogP contribution in [-0.2, 0) is 17.8 Å². The van der Waals surface area contributed by atoms with Gasteiger partial charge in [-0.1, -0.05) is 41.9 Å². The zero-order valence-electron chi connectivity index (χ0n) is 17.1. The van der Waals surface area contributed by atoms with Crippen molar-refractivity contribution in [2.75, 3.05) is 11.4 Å². The van der Waals surface area contributed by atoms with Gasteiger partial charge in [-0.25, -0.2) is 0 Å². The van der Waals surface area contributed by atoms with Crippen molar-refractivity contribution in [2.24, 2.45) is 5.92 Å². The third-order valence-corrected chi connectivity index (χ3v) is 6.13. The Bertz CT molecular complexity index is 1060. The summed E-state index contributed by atoms with van der Waals surface area (Å²) >= 11 is 6.23. The molecule has 0 aromatic heterocycles. The van der Waals surface area contributed by atoms with Gasteiger partial charge in [0.1, 0.15) is 11.5 Å². The lowest BCUT2D eigenvalue weighted by Gasteiger charge is -2.34. The lowest BCUT2D eigenvalue weighted by molar-refractivity contribution is -0.141. The average Bonchev–Trinajstić information content (AvgIpc) is 2.73. The molecule has 1 atom stereocenters. The number of para-hydroxylation sites is 1. The smallest absolute Gasteiger partial charge is 0.308 e. The molecule has 4 rings (SSSR count). The predicted molar refractivity (Wildman–Crippen MR) is 120 cm³/mol. The molecule has 154 valence electrons. The average molecular weight is 422 g/mol. The number of fused-ring (bicyclic) bond motifs is 1. The largest absolute Gasteiger partial charge is 0.481 e. The Kier molecular flexibility index (Phi) is 5.69. The van der Waals surface area contributed by atoms with Crippen LogP contribution in [0.1, 0.15) is 22.3 Å². The Balaban J connectivity index is 1.50. The van der Waals surface area contributed by atoms with Crippen LogP contribution in [0.15, 0.2) is 60.7 Å². The summed E-state index contributed by atoms with van der Waals surface area (Å²) in [6.07, 6.45) is 0.578. The van der Waals surface area contributed by atoms with E-state index in [4.69, 9.17) is 16.3 Å². The minimum atomic E-state index is -0.744. The van der Waals surface area contributed by atoms with Crippen LogP contribution in [0.5, 0.6) is 11.5 Å². The molecule has 30 heavy (non-hydrogen) atoms. The van der Waals surface area contributed by atoms with Crippen molar-refractivity contribution in [3.8, 4) is 11.5 Å². The molecule has 1 heterocycles. The van der Waals surface area contributed by atoms with Crippen molar-refractivity contribution in [3.05, 3.63) is 87.9 Å². The highest BCUT2D eigenvalue weighted by Gasteiger charge is 2.28. The molecule has 1 unspecified atom stereocenters. The van der Waals surface area contributed by atoms with Crippen molar-refractivity contribution in [1.82, 2.24) is 0 Å². The zero-order chi connectivity index (χ0) is 21.3. The molecule has 3 aromatic rings. The zero-order valence-corrected chi connectivity index (χ0v) is 17.8. The first kappa shape index (κ1) is 20.3. The number of anilines is 1. The molecular formula is C25H24ClNO3. The number of benzene rings is 3. The number of ether oxygens (including phenoxy) is 1. The highest BCUT2D eigenvalue weighted by Crippen LogP contribution is 2.32. The molecule has 0 aliphatic carbocycles. The van der Waals surface area contributed by atoms with E-state index in [-0.39, 0.29) is 5.92 Å². The van der Waals surface area contributed by atoms with Crippen LogP contribution in [0.4, 0.5) is 5.69 Å². The molecule has 1 aliphatic heterocycles. The van der Waals surface area contributed by atoms with Crippen LogP contribution in [-0.4, -0.2) is 17.6 Å². The van der Waals surface area contributed by atoms with Gasteiger partial charge >= 0.3 is 5.97 Å².